The highest BCUT2D eigenvalue weighted by Gasteiger charge is 2.49. The normalized spacial score (nSPS) is 17.2. The van der Waals surface area contributed by atoms with E-state index in [9.17, 15) is 28.3 Å². The van der Waals surface area contributed by atoms with Crippen LogP contribution >= 0.6 is 0 Å². The Morgan fingerprint density at radius 1 is 1.16 bits per heavy atom. The molecule has 1 spiro atoms. The third kappa shape index (κ3) is 3.05. The Morgan fingerprint density at radius 3 is 2.39 bits per heavy atom. The van der Waals surface area contributed by atoms with Crippen LogP contribution in [0.15, 0.2) is 29.2 Å². The maximum absolute atomic E-state index is 13.8. The average Bonchev–Trinajstić information content (AvgIpc) is 3.23. The van der Waals surface area contributed by atoms with Crippen LogP contribution in [0.2, 0.25) is 0 Å². The number of pyridine rings is 1. The lowest BCUT2D eigenvalue weighted by Gasteiger charge is -2.51. The van der Waals surface area contributed by atoms with Crippen molar-refractivity contribution in [3.63, 3.8) is 0 Å². The second-order valence-electron chi connectivity index (χ2n) is 7.87. The lowest BCUT2D eigenvalue weighted by atomic mass is 10.0. The van der Waals surface area contributed by atoms with Crippen molar-refractivity contribution in [3.05, 3.63) is 63.1 Å². The summed E-state index contributed by atoms with van der Waals surface area (Å²) in [6.45, 7) is -0.485. The molecule has 2 aromatic rings. The number of nitrogens with zero attached hydrogens (tertiary/aromatic N) is 3. The molecule has 2 amide bonds. The van der Waals surface area contributed by atoms with Gasteiger partial charge >= 0.3 is 0 Å². The van der Waals surface area contributed by atoms with E-state index in [0.717, 1.165) is 25.0 Å². The van der Waals surface area contributed by atoms with Crippen LogP contribution in [0.4, 0.5) is 8.78 Å². The minimum atomic E-state index is -1.03. The van der Waals surface area contributed by atoms with Gasteiger partial charge in [0.1, 0.15) is 22.9 Å². The molecule has 0 bridgehead atoms. The molecule has 4 rings (SSSR count). The van der Waals surface area contributed by atoms with Crippen LogP contribution in [0.5, 0.6) is 5.75 Å². The van der Waals surface area contributed by atoms with E-state index in [1.54, 1.807) is 19.1 Å². The molecule has 1 fully saturated rings. The summed E-state index contributed by atoms with van der Waals surface area (Å²) in [6.07, 6.45) is 4.41. The monoisotopic (exact) mass is 432 g/mol. The predicted octanol–water partition coefficient (Wildman–Crippen LogP) is 1.69. The first-order valence-electron chi connectivity index (χ1n) is 9.91. The summed E-state index contributed by atoms with van der Waals surface area (Å²) in [5, 5.41) is 14.5. The lowest BCUT2D eigenvalue weighted by Crippen LogP contribution is -2.67. The number of hydrogen-bond donors (Lipinski definition) is 2. The molecule has 0 saturated heterocycles. The van der Waals surface area contributed by atoms with E-state index in [2.05, 4.69) is 5.32 Å². The molecule has 1 aromatic heterocycles. The lowest BCUT2D eigenvalue weighted by molar-refractivity contribution is 0.0404. The van der Waals surface area contributed by atoms with Crippen LogP contribution in [0, 0.1) is 11.6 Å². The van der Waals surface area contributed by atoms with Crippen molar-refractivity contribution in [3.8, 4) is 5.75 Å². The van der Waals surface area contributed by atoms with Crippen LogP contribution in [0.3, 0.4) is 0 Å². The van der Waals surface area contributed by atoms with Gasteiger partial charge in [0.15, 0.2) is 11.4 Å². The van der Waals surface area contributed by atoms with Crippen LogP contribution in [0.25, 0.3) is 0 Å². The van der Waals surface area contributed by atoms with E-state index >= 15 is 0 Å². The molecule has 0 unspecified atom stereocenters. The minimum absolute atomic E-state index is 0.232. The molecule has 0 atom stereocenters. The van der Waals surface area contributed by atoms with E-state index in [0.29, 0.717) is 12.8 Å². The zero-order valence-electron chi connectivity index (χ0n) is 17.1. The molecule has 1 saturated carbocycles. The molecule has 31 heavy (non-hydrogen) atoms. The third-order valence-corrected chi connectivity index (χ3v) is 6.36. The fourth-order valence-corrected chi connectivity index (χ4v) is 4.52. The van der Waals surface area contributed by atoms with Crippen LogP contribution in [-0.2, 0) is 6.54 Å². The SMILES string of the molecule is CN1C(=O)c2c(O)c(=O)c(C(=O)NCc3c(F)cccc3F)cn2N(C)C12CCCC2. The largest absolute Gasteiger partial charge is 0.502 e. The van der Waals surface area contributed by atoms with Gasteiger partial charge in [-0.05, 0) is 37.8 Å². The molecule has 2 N–H and O–H groups in total. The zero-order chi connectivity index (χ0) is 22.5. The Balaban J connectivity index is 1.72. The van der Waals surface area contributed by atoms with E-state index < -0.39 is 52.4 Å². The van der Waals surface area contributed by atoms with Gasteiger partial charge < -0.3 is 15.3 Å². The molecule has 1 aromatic carbocycles. The van der Waals surface area contributed by atoms with Gasteiger partial charge in [-0.15, -0.1) is 0 Å². The first kappa shape index (κ1) is 20.8. The molecular formula is C21H22F2N4O4. The van der Waals surface area contributed by atoms with E-state index in [-0.39, 0.29) is 11.3 Å². The molecule has 164 valence electrons. The van der Waals surface area contributed by atoms with Gasteiger partial charge in [0, 0.05) is 32.4 Å². The summed E-state index contributed by atoms with van der Waals surface area (Å²) in [7, 11) is 3.35. The summed E-state index contributed by atoms with van der Waals surface area (Å²) in [6, 6.07) is 3.32. The van der Waals surface area contributed by atoms with Crippen LogP contribution < -0.4 is 15.8 Å². The number of amides is 2. The topological polar surface area (TPSA) is 94.9 Å². The van der Waals surface area contributed by atoms with E-state index in [1.165, 1.54) is 21.8 Å². The highest BCUT2D eigenvalue weighted by molar-refractivity contribution is 5.99. The standard InChI is InChI=1S/C21H22F2N4O4/c1-25-20(31)16-18(29)17(28)13(11-27(16)26(2)21(25)8-3-4-9-21)19(30)24-10-12-14(22)6-5-7-15(12)23/h5-7,11,29H,3-4,8-10H2,1-2H3,(H,24,30). The molecule has 0 radical (unpaired) electrons. The van der Waals surface area contributed by atoms with Crippen LogP contribution in [0.1, 0.15) is 52.1 Å². The van der Waals surface area contributed by atoms with Crippen LogP contribution in [-0.4, -0.2) is 46.3 Å². The fraction of sp³-hybridized carbons (Fsp3) is 0.381. The number of nitrogens with one attached hydrogen (secondary N) is 1. The van der Waals surface area contributed by atoms with Crippen molar-refractivity contribution < 1.29 is 23.5 Å². The number of aromatic nitrogens is 1. The Kier molecular flexibility index (Phi) is 4.95. The minimum Gasteiger partial charge on any atom is -0.502 e. The molecule has 2 aliphatic rings. The second-order valence-corrected chi connectivity index (χ2v) is 7.87. The summed E-state index contributed by atoms with van der Waals surface area (Å²) >= 11 is 0. The van der Waals surface area contributed by atoms with Gasteiger partial charge in [-0.25, -0.2) is 8.78 Å². The number of fused-ring (bicyclic) bond motifs is 1. The van der Waals surface area contributed by atoms with Gasteiger partial charge in [-0.2, -0.15) is 0 Å². The van der Waals surface area contributed by atoms with Gasteiger partial charge in [0.2, 0.25) is 5.43 Å². The summed E-state index contributed by atoms with van der Waals surface area (Å²) < 4.78 is 29.0. The highest BCUT2D eigenvalue weighted by Crippen LogP contribution is 2.40. The maximum Gasteiger partial charge on any atom is 0.278 e. The molecular weight excluding hydrogens is 410 g/mol. The third-order valence-electron chi connectivity index (χ3n) is 6.36. The van der Waals surface area contributed by atoms with Gasteiger partial charge in [0.05, 0.1) is 0 Å². The van der Waals surface area contributed by atoms with Gasteiger partial charge in [-0.3, -0.25) is 24.1 Å². The second kappa shape index (κ2) is 7.36. The number of benzene rings is 1. The van der Waals surface area contributed by atoms with Crippen molar-refractivity contribution in [2.75, 3.05) is 19.1 Å². The Bertz CT molecular complexity index is 1120. The molecule has 10 heteroatoms. The first-order chi connectivity index (χ1) is 14.7. The molecule has 8 nitrogen and oxygen atoms in total. The number of carbonyl (C=O) groups is 2. The molecule has 1 aliphatic heterocycles. The van der Waals surface area contributed by atoms with E-state index in [1.807, 2.05) is 0 Å². The molecule has 2 heterocycles. The van der Waals surface area contributed by atoms with Crippen molar-refractivity contribution in [1.29, 1.82) is 0 Å². The number of rotatable bonds is 3. The van der Waals surface area contributed by atoms with Gasteiger partial charge in [-0.1, -0.05) is 6.07 Å². The predicted molar refractivity (Wildman–Crippen MR) is 107 cm³/mol. The first-order valence-corrected chi connectivity index (χ1v) is 9.91. The highest BCUT2D eigenvalue weighted by atomic mass is 19.1. The van der Waals surface area contributed by atoms with E-state index in [4.69, 9.17) is 0 Å². The number of aromatic hydroxyl groups is 1. The summed E-state index contributed by atoms with van der Waals surface area (Å²) in [5.74, 6) is -3.95. The quantitative estimate of drug-likeness (QED) is 0.770. The fourth-order valence-electron chi connectivity index (χ4n) is 4.52. The van der Waals surface area contributed by atoms with Crippen molar-refractivity contribution in [2.24, 2.45) is 0 Å². The summed E-state index contributed by atoms with van der Waals surface area (Å²) in [5.41, 5.74) is -2.68. The van der Waals surface area contributed by atoms with Crippen molar-refractivity contribution in [2.45, 2.75) is 37.9 Å². The van der Waals surface area contributed by atoms with Crippen molar-refractivity contribution in [1.82, 2.24) is 14.9 Å². The summed E-state index contributed by atoms with van der Waals surface area (Å²) in [4.78, 5) is 39.8. The number of hydrogen-bond acceptors (Lipinski definition) is 5. The Labute approximate surface area is 176 Å². The Hall–Kier alpha value is -3.43. The Morgan fingerprint density at radius 2 is 1.77 bits per heavy atom. The zero-order valence-corrected chi connectivity index (χ0v) is 17.1. The smallest absolute Gasteiger partial charge is 0.278 e. The maximum atomic E-state index is 13.8. The van der Waals surface area contributed by atoms with Crippen molar-refractivity contribution >= 4 is 11.8 Å². The molecule has 1 aliphatic carbocycles. The number of halogens is 2. The van der Waals surface area contributed by atoms with Gasteiger partial charge in [0.25, 0.3) is 11.8 Å². The average molecular weight is 432 g/mol. The number of carbonyl (C=O) groups excluding carboxylic acids is 2.